The van der Waals surface area contributed by atoms with Gasteiger partial charge in [0, 0.05) is 0 Å². The van der Waals surface area contributed by atoms with E-state index in [9.17, 15) is 9.59 Å². The number of benzene rings is 1. The van der Waals surface area contributed by atoms with Crippen molar-refractivity contribution in [1.82, 2.24) is 0 Å². The fourth-order valence-corrected chi connectivity index (χ4v) is 2.33. The fourth-order valence-electron chi connectivity index (χ4n) is 2.33. The van der Waals surface area contributed by atoms with Crippen molar-refractivity contribution in [2.24, 2.45) is 0 Å². The van der Waals surface area contributed by atoms with Gasteiger partial charge in [-0.2, -0.15) is 0 Å². The van der Waals surface area contributed by atoms with Crippen LogP contribution in [0.15, 0.2) is 18.2 Å². The van der Waals surface area contributed by atoms with Crippen LogP contribution in [0.2, 0.25) is 0 Å². The molecule has 0 atom stereocenters. The zero-order chi connectivity index (χ0) is 15.9. The van der Waals surface area contributed by atoms with Crippen LogP contribution >= 0.6 is 0 Å². The largest absolute Gasteiger partial charge is 0.543 e. The van der Waals surface area contributed by atoms with Crippen molar-refractivity contribution in [2.75, 3.05) is 0 Å². The highest BCUT2D eigenvalue weighted by Crippen LogP contribution is 2.20. The van der Waals surface area contributed by atoms with E-state index in [2.05, 4.69) is 14.8 Å². The van der Waals surface area contributed by atoms with Gasteiger partial charge in [-0.25, -0.2) is 14.5 Å². The second-order valence-electron chi connectivity index (χ2n) is 5.45. The van der Waals surface area contributed by atoms with Gasteiger partial charge in [0.25, 0.3) is 0 Å². The first-order valence-electron chi connectivity index (χ1n) is 7.39. The van der Waals surface area contributed by atoms with E-state index in [0.29, 0.717) is 5.56 Å². The molecule has 2 rings (SSSR count). The van der Waals surface area contributed by atoms with Crippen LogP contribution in [0.1, 0.15) is 53.6 Å². The van der Waals surface area contributed by atoms with Crippen molar-refractivity contribution in [2.45, 2.75) is 52.1 Å². The molecular formula is C16H20O6. The Hall–Kier alpha value is -2.08. The molecule has 0 N–H and O–H groups in total. The van der Waals surface area contributed by atoms with E-state index in [-0.39, 0.29) is 6.10 Å². The molecule has 0 aliphatic heterocycles. The smallest absolute Gasteiger partial charge is 0.429 e. The third-order valence-corrected chi connectivity index (χ3v) is 3.77. The van der Waals surface area contributed by atoms with Crippen molar-refractivity contribution in [3.63, 3.8) is 0 Å². The van der Waals surface area contributed by atoms with Crippen molar-refractivity contribution < 1.29 is 29.1 Å². The van der Waals surface area contributed by atoms with Crippen LogP contribution in [0, 0.1) is 13.8 Å². The molecule has 0 amide bonds. The number of rotatable bonds is 4. The molecule has 1 saturated carbocycles. The lowest BCUT2D eigenvalue weighted by Gasteiger charge is -2.20. The lowest BCUT2D eigenvalue weighted by Crippen LogP contribution is -2.22. The third-order valence-electron chi connectivity index (χ3n) is 3.77. The van der Waals surface area contributed by atoms with Crippen LogP contribution in [0.25, 0.3) is 0 Å². The van der Waals surface area contributed by atoms with Gasteiger partial charge in [-0.1, -0.05) is 12.5 Å². The van der Waals surface area contributed by atoms with Crippen LogP contribution in [-0.2, 0) is 19.6 Å². The Balaban J connectivity index is 1.71. The number of aryl methyl sites for hydroxylation is 2. The number of carbonyl (C=O) groups is 2. The second kappa shape index (κ2) is 7.79. The van der Waals surface area contributed by atoms with Crippen molar-refractivity contribution >= 4 is 12.1 Å². The summed E-state index contributed by atoms with van der Waals surface area (Å²) in [6.07, 6.45) is 3.69. The van der Waals surface area contributed by atoms with E-state index < -0.39 is 12.1 Å². The van der Waals surface area contributed by atoms with Gasteiger partial charge in [0.1, 0.15) is 6.10 Å². The van der Waals surface area contributed by atoms with Crippen molar-refractivity contribution in [3.8, 4) is 0 Å². The van der Waals surface area contributed by atoms with Gasteiger partial charge in [0.2, 0.25) is 0 Å². The quantitative estimate of drug-likeness (QED) is 0.479. The first kappa shape index (κ1) is 16.3. The maximum absolute atomic E-state index is 11.7. The zero-order valence-electron chi connectivity index (χ0n) is 12.8. The minimum Gasteiger partial charge on any atom is -0.429 e. The van der Waals surface area contributed by atoms with Crippen LogP contribution in [0.3, 0.4) is 0 Å². The molecule has 6 nitrogen and oxygen atoms in total. The summed E-state index contributed by atoms with van der Waals surface area (Å²) in [5.74, 6) is -0.742. The molecule has 0 heterocycles. The molecule has 6 heteroatoms. The van der Waals surface area contributed by atoms with Crippen LogP contribution in [0.4, 0.5) is 4.79 Å². The summed E-state index contributed by atoms with van der Waals surface area (Å²) in [6.45, 7) is 3.82. The van der Waals surface area contributed by atoms with E-state index >= 15 is 0 Å². The van der Waals surface area contributed by atoms with Crippen LogP contribution < -0.4 is 0 Å². The topological polar surface area (TPSA) is 71.1 Å². The van der Waals surface area contributed by atoms with Gasteiger partial charge >= 0.3 is 12.1 Å². The third kappa shape index (κ3) is 4.73. The Kier molecular flexibility index (Phi) is 5.77. The Labute approximate surface area is 129 Å². The molecule has 1 aliphatic carbocycles. The molecule has 0 bridgehead atoms. The van der Waals surface area contributed by atoms with E-state index in [4.69, 9.17) is 4.74 Å². The van der Waals surface area contributed by atoms with Crippen LogP contribution in [-0.4, -0.2) is 18.2 Å². The molecule has 0 aromatic heterocycles. The average molecular weight is 308 g/mol. The zero-order valence-corrected chi connectivity index (χ0v) is 12.8. The standard InChI is InChI=1S/C16H20O6/c1-11-8-9-13(10-12(11)2)15(17)20-22-21-16(18)19-14-6-4-3-5-7-14/h8-10,14H,3-7H2,1-2H3. The highest BCUT2D eigenvalue weighted by atomic mass is 17.5. The van der Waals surface area contributed by atoms with Crippen molar-refractivity contribution in [1.29, 1.82) is 0 Å². The molecule has 22 heavy (non-hydrogen) atoms. The average Bonchev–Trinajstić information content (AvgIpc) is 2.51. The maximum atomic E-state index is 11.7. The molecular weight excluding hydrogens is 288 g/mol. The minimum absolute atomic E-state index is 0.153. The highest BCUT2D eigenvalue weighted by molar-refractivity contribution is 5.89. The number of hydrogen-bond acceptors (Lipinski definition) is 6. The summed E-state index contributed by atoms with van der Waals surface area (Å²) >= 11 is 0. The maximum Gasteiger partial charge on any atom is 0.543 e. The lowest BCUT2D eigenvalue weighted by molar-refractivity contribution is -0.453. The molecule has 0 radical (unpaired) electrons. The van der Waals surface area contributed by atoms with Gasteiger partial charge in [-0.05, 0) is 62.8 Å². The first-order valence-corrected chi connectivity index (χ1v) is 7.39. The van der Waals surface area contributed by atoms with Gasteiger partial charge in [-0.15, -0.1) is 0 Å². The summed E-state index contributed by atoms with van der Waals surface area (Å²) in [5, 5.41) is 4.20. The summed E-state index contributed by atoms with van der Waals surface area (Å²) in [5.41, 5.74) is 2.32. The van der Waals surface area contributed by atoms with Gasteiger partial charge in [-0.3, -0.25) is 4.89 Å². The Morgan fingerprint density at radius 1 is 1.00 bits per heavy atom. The summed E-state index contributed by atoms with van der Waals surface area (Å²) < 4.78 is 5.04. The Morgan fingerprint density at radius 2 is 1.73 bits per heavy atom. The van der Waals surface area contributed by atoms with Crippen molar-refractivity contribution in [3.05, 3.63) is 34.9 Å². The second-order valence-corrected chi connectivity index (χ2v) is 5.45. The molecule has 0 saturated heterocycles. The molecule has 1 aromatic carbocycles. The van der Waals surface area contributed by atoms with Gasteiger partial charge in [0.05, 0.1) is 10.6 Å². The van der Waals surface area contributed by atoms with E-state index in [0.717, 1.165) is 43.2 Å². The van der Waals surface area contributed by atoms with E-state index in [1.807, 2.05) is 13.8 Å². The first-order chi connectivity index (χ1) is 10.6. The Bertz CT molecular complexity index is 533. The molecule has 1 aromatic rings. The predicted molar refractivity (Wildman–Crippen MR) is 76.9 cm³/mol. The summed E-state index contributed by atoms with van der Waals surface area (Å²) in [4.78, 5) is 31.8. The molecule has 0 spiro atoms. The summed E-state index contributed by atoms with van der Waals surface area (Å²) in [6, 6.07) is 5.07. The van der Waals surface area contributed by atoms with Crippen LogP contribution in [0.5, 0.6) is 0 Å². The lowest BCUT2D eigenvalue weighted by atomic mass is 9.98. The van der Waals surface area contributed by atoms with E-state index in [1.165, 1.54) is 0 Å². The highest BCUT2D eigenvalue weighted by Gasteiger charge is 2.20. The van der Waals surface area contributed by atoms with Gasteiger partial charge in [0.15, 0.2) is 0 Å². The minimum atomic E-state index is -1.00. The van der Waals surface area contributed by atoms with Gasteiger partial charge < -0.3 is 4.74 Å². The molecule has 1 aliphatic rings. The normalized spacial score (nSPS) is 15.2. The monoisotopic (exact) mass is 308 g/mol. The van der Waals surface area contributed by atoms with E-state index in [1.54, 1.807) is 18.2 Å². The Morgan fingerprint density at radius 3 is 2.41 bits per heavy atom. The number of hydrogen-bond donors (Lipinski definition) is 0. The summed E-state index contributed by atoms with van der Waals surface area (Å²) in [7, 11) is 0. The fraction of sp³-hybridized carbons (Fsp3) is 0.500. The number of carbonyl (C=O) groups excluding carboxylic acids is 2. The number of ether oxygens (including phenoxy) is 1. The molecule has 1 fully saturated rings. The molecule has 0 unspecified atom stereocenters. The predicted octanol–water partition coefficient (Wildman–Crippen LogP) is 3.79. The SMILES string of the molecule is Cc1ccc(C(=O)OOOC(=O)OC2CCCCC2)cc1C. The molecule has 120 valence electrons.